The zero-order valence-electron chi connectivity index (χ0n) is 13.6. The molecule has 0 bridgehead atoms. The Kier molecular flexibility index (Phi) is 6.36. The summed E-state index contributed by atoms with van der Waals surface area (Å²) in [5.41, 5.74) is 0. The Morgan fingerprint density at radius 3 is 2.67 bits per heavy atom. The molecular formula is C16H22N2O6. The lowest BCUT2D eigenvalue weighted by molar-refractivity contribution is -0.153. The fourth-order valence-electron chi connectivity index (χ4n) is 2.88. The average molecular weight is 338 g/mol. The molecule has 2 amide bonds. The molecule has 0 spiro atoms. The van der Waals surface area contributed by atoms with Crippen LogP contribution in [-0.2, 0) is 14.3 Å². The van der Waals surface area contributed by atoms with Gasteiger partial charge in [0.2, 0.25) is 5.91 Å². The van der Waals surface area contributed by atoms with Gasteiger partial charge in [0, 0.05) is 33.2 Å². The third-order valence-electron chi connectivity index (χ3n) is 4.19. The molecule has 1 fully saturated rings. The Morgan fingerprint density at radius 1 is 1.42 bits per heavy atom. The van der Waals surface area contributed by atoms with Crippen LogP contribution in [0.15, 0.2) is 22.8 Å². The van der Waals surface area contributed by atoms with Gasteiger partial charge in [-0.2, -0.15) is 0 Å². The largest absolute Gasteiger partial charge is 0.479 e. The van der Waals surface area contributed by atoms with Gasteiger partial charge in [0.15, 0.2) is 11.9 Å². The summed E-state index contributed by atoms with van der Waals surface area (Å²) in [4.78, 5) is 36.6. The van der Waals surface area contributed by atoms with Crippen molar-refractivity contribution < 1.29 is 28.6 Å². The lowest BCUT2D eigenvalue weighted by Crippen LogP contribution is -2.44. The van der Waals surface area contributed by atoms with Crippen molar-refractivity contribution in [3.8, 4) is 0 Å². The third kappa shape index (κ3) is 4.58. The SMILES string of the molecule is COC(C(=O)O)C1CCN(C(=O)CCNC(=O)c2ccco2)CC1. The lowest BCUT2D eigenvalue weighted by Gasteiger charge is -2.34. The molecule has 132 valence electrons. The maximum Gasteiger partial charge on any atom is 0.333 e. The minimum absolute atomic E-state index is 0.0579. The van der Waals surface area contributed by atoms with E-state index in [4.69, 9.17) is 14.3 Å². The standard InChI is InChI=1S/C16H22N2O6/c1-23-14(16(21)22)11-5-8-18(9-6-11)13(19)4-7-17-15(20)12-3-2-10-24-12/h2-3,10-11,14H,4-9H2,1H3,(H,17,20)(H,21,22). The smallest absolute Gasteiger partial charge is 0.333 e. The average Bonchev–Trinajstić information content (AvgIpc) is 3.10. The van der Waals surface area contributed by atoms with E-state index >= 15 is 0 Å². The number of rotatable bonds is 7. The van der Waals surface area contributed by atoms with Crippen LogP contribution in [0.1, 0.15) is 29.8 Å². The zero-order valence-corrected chi connectivity index (χ0v) is 13.6. The van der Waals surface area contributed by atoms with Crippen molar-refractivity contribution in [3.63, 3.8) is 0 Å². The van der Waals surface area contributed by atoms with E-state index in [9.17, 15) is 14.4 Å². The van der Waals surface area contributed by atoms with Crippen LogP contribution in [0.25, 0.3) is 0 Å². The summed E-state index contributed by atoms with van der Waals surface area (Å²) in [6.45, 7) is 1.24. The number of ether oxygens (including phenoxy) is 1. The molecule has 24 heavy (non-hydrogen) atoms. The van der Waals surface area contributed by atoms with E-state index in [-0.39, 0.29) is 36.5 Å². The minimum atomic E-state index is -0.970. The minimum Gasteiger partial charge on any atom is -0.479 e. The first-order valence-electron chi connectivity index (χ1n) is 7.88. The van der Waals surface area contributed by atoms with Gasteiger partial charge in [-0.3, -0.25) is 9.59 Å². The first kappa shape index (κ1) is 18.0. The van der Waals surface area contributed by atoms with Gasteiger partial charge in [0.05, 0.1) is 6.26 Å². The predicted molar refractivity (Wildman–Crippen MR) is 83.4 cm³/mol. The lowest BCUT2D eigenvalue weighted by atomic mass is 9.91. The quantitative estimate of drug-likeness (QED) is 0.759. The molecular weight excluding hydrogens is 316 g/mol. The summed E-state index contributed by atoms with van der Waals surface area (Å²) < 4.78 is 9.98. The highest BCUT2D eigenvalue weighted by Gasteiger charge is 2.32. The Balaban J connectivity index is 1.71. The van der Waals surface area contributed by atoms with Gasteiger partial charge in [-0.05, 0) is 30.9 Å². The van der Waals surface area contributed by atoms with Crippen LogP contribution in [0.5, 0.6) is 0 Å². The van der Waals surface area contributed by atoms with Crippen LogP contribution in [0.4, 0.5) is 0 Å². The van der Waals surface area contributed by atoms with Crippen molar-refractivity contribution in [1.82, 2.24) is 10.2 Å². The molecule has 1 aromatic rings. The Hall–Kier alpha value is -2.35. The van der Waals surface area contributed by atoms with Crippen molar-refractivity contribution in [2.24, 2.45) is 5.92 Å². The Morgan fingerprint density at radius 2 is 2.12 bits per heavy atom. The van der Waals surface area contributed by atoms with E-state index in [1.807, 2.05) is 0 Å². The number of aliphatic carboxylic acids is 1. The molecule has 0 aliphatic carbocycles. The number of furan rings is 1. The van der Waals surface area contributed by atoms with Crippen molar-refractivity contribution >= 4 is 17.8 Å². The molecule has 2 N–H and O–H groups in total. The summed E-state index contributed by atoms with van der Waals surface area (Å²) in [7, 11) is 1.39. The van der Waals surface area contributed by atoms with Crippen molar-refractivity contribution in [1.29, 1.82) is 0 Å². The Labute approximate surface area is 139 Å². The number of nitrogens with zero attached hydrogens (tertiary/aromatic N) is 1. The number of nitrogens with one attached hydrogen (secondary N) is 1. The van der Waals surface area contributed by atoms with Crippen LogP contribution in [0.2, 0.25) is 0 Å². The van der Waals surface area contributed by atoms with Crippen molar-refractivity contribution in [2.75, 3.05) is 26.7 Å². The number of hydrogen-bond donors (Lipinski definition) is 2. The molecule has 1 atom stereocenters. The maximum absolute atomic E-state index is 12.1. The van der Waals surface area contributed by atoms with E-state index in [0.29, 0.717) is 25.9 Å². The monoisotopic (exact) mass is 338 g/mol. The van der Waals surface area contributed by atoms with Crippen LogP contribution in [0.3, 0.4) is 0 Å². The van der Waals surface area contributed by atoms with Gasteiger partial charge >= 0.3 is 5.97 Å². The normalized spacial score (nSPS) is 16.6. The maximum atomic E-state index is 12.1. The van der Waals surface area contributed by atoms with Crippen LogP contribution < -0.4 is 5.32 Å². The molecule has 0 saturated carbocycles. The second-order valence-corrected chi connectivity index (χ2v) is 5.70. The fourth-order valence-corrected chi connectivity index (χ4v) is 2.88. The summed E-state index contributed by atoms with van der Waals surface area (Å²) >= 11 is 0. The molecule has 1 aromatic heterocycles. The molecule has 0 aromatic carbocycles. The number of carboxylic acids is 1. The highest BCUT2D eigenvalue weighted by molar-refractivity contribution is 5.91. The van der Waals surface area contributed by atoms with Gasteiger partial charge in [-0.15, -0.1) is 0 Å². The van der Waals surface area contributed by atoms with Crippen LogP contribution in [-0.4, -0.2) is 60.6 Å². The second-order valence-electron chi connectivity index (χ2n) is 5.70. The van der Waals surface area contributed by atoms with Gasteiger partial charge < -0.3 is 24.5 Å². The molecule has 1 saturated heterocycles. The van der Waals surface area contributed by atoms with Crippen molar-refractivity contribution in [3.05, 3.63) is 24.2 Å². The number of carbonyl (C=O) groups is 3. The fraction of sp³-hybridized carbons (Fsp3) is 0.562. The number of carboxylic acid groups (broad SMARTS) is 1. The molecule has 8 heteroatoms. The molecule has 8 nitrogen and oxygen atoms in total. The number of methoxy groups -OCH3 is 1. The summed E-state index contributed by atoms with van der Waals surface area (Å²) in [5, 5.41) is 11.7. The highest BCUT2D eigenvalue weighted by Crippen LogP contribution is 2.23. The Bertz CT molecular complexity index is 563. The van der Waals surface area contributed by atoms with Gasteiger partial charge in [-0.25, -0.2) is 4.79 Å². The van der Waals surface area contributed by atoms with E-state index in [2.05, 4.69) is 5.32 Å². The molecule has 1 aliphatic rings. The zero-order chi connectivity index (χ0) is 17.5. The van der Waals surface area contributed by atoms with Crippen LogP contribution >= 0.6 is 0 Å². The molecule has 2 heterocycles. The molecule has 0 radical (unpaired) electrons. The summed E-state index contributed by atoms with van der Waals surface area (Å²) in [6.07, 6.45) is 1.97. The highest BCUT2D eigenvalue weighted by atomic mass is 16.5. The number of likely N-dealkylation sites (tertiary alicyclic amines) is 1. The van der Waals surface area contributed by atoms with Crippen LogP contribution in [0, 0.1) is 5.92 Å². The van der Waals surface area contributed by atoms with Gasteiger partial charge in [-0.1, -0.05) is 0 Å². The molecule has 2 rings (SSSR count). The third-order valence-corrected chi connectivity index (χ3v) is 4.19. The van der Waals surface area contributed by atoms with Gasteiger partial charge in [0.1, 0.15) is 0 Å². The first-order valence-corrected chi connectivity index (χ1v) is 7.88. The summed E-state index contributed by atoms with van der Waals surface area (Å²) in [6, 6.07) is 3.17. The second kappa shape index (κ2) is 8.49. The van der Waals surface area contributed by atoms with E-state index < -0.39 is 12.1 Å². The van der Waals surface area contributed by atoms with Crippen molar-refractivity contribution in [2.45, 2.75) is 25.4 Å². The van der Waals surface area contributed by atoms with E-state index in [0.717, 1.165) is 0 Å². The number of hydrogen-bond acceptors (Lipinski definition) is 5. The molecule has 1 aliphatic heterocycles. The number of carbonyl (C=O) groups excluding carboxylic acids is 2. The van der Waals surface area contributed by atoms with E-state index in [1.54, 1.807) is 17.0 Å². The topological polar surface area (TPSA) is 109 Å². The predicted octanol–water partition coefficient (Wildman–Crippen LogP) is 0.738. The summed E-state index contributed by atoms with van der Waals surface area (Å²) in [5.74, 6) is -1.26. The molecule has 1 unspecified atom stereocenters. The first-order chi connectivity index (χ1) is 11.5. The van der Waals surface area contributed by atoms with Gasteiger partial charge in [0.25, 0.3) is 5.91 Å². The number of amides is 2. The number of piperidine rings is 1. The van der Waals surface area contributed by atoms with E-state index in [1.165, 1.54) is 13.4 Å².